The van der Waals surface area contributed by atoms with E-state index < -0.39 is 89.5 Å². The first-order valence-electron chi connectivity index (χ1n) is 12.5. The van der Waals surface area contributed by atoms with Crippen molar-refractivity contribution in [1.82, 2.24) is 25.4 Å². The predicted octanol–water partition coefficient (Wildman–Crippen LogP) is 2.58. The van der Waals surface area contributed by atoms with Crippen molar-refractivity contribution in [3.05, 3.63) is 64.2 Å². The molecule has 2 N–H and O–H groups in total. The molecule has 15 heteroatoms. The molecule has 218 valence electrons. The van der Waals surface area contributed by atoms with E-state index in [4.69, 9.17) is 0 Å². The molecular formula is C26H23F6N5O4. The highest BCUT2D eigenvalue weighted by Gasteiger charge is 2.55. The number of halogens is 6. The molecule has 1 aromatic heterocycles. The van der Waals surface area contributed by atoms with Gasteiger partial charge in [0.05, 0.1) is 5.56 Å². The number of likely N-dealkylation sites (N-methyl/N-ethyl adjacent to an activating group) is 1. The van der Waals surface area contributed by atoms with E-state index in [1.165, 1.54) is 18.0 Å². The van der Waals surface area contributed by atoms with Crippen LogP contribution in [-0.2, 0) is 22.4 Å². The van der Waals surface area contributed by atoms with Crippen LogP contribution in [0, 0.1) is 17.5 Å². The van der Waals surface area contributed by atoms with Gasteiger partial charge in [-0.3, -0.25) is 24.7 Å². The number of pyridine rings is 1. The van der Waals surface area contributed by atoms with Crippen molar-refractivity contribution >= 4 is 23.8 Å². The number of rotatable bonds is 4. The average Bonchev–Trinajstić information content (AvgIpc) is 3.38. The topological polar surface area (TPSA) is 112 Å². The lowest BCUT2D eigenvalue weighted by Gasteiger charge is -2.43. The SMILES string of the molecule is C[C@@H]1[C@H](c2c(F)ccc(F)c2F)C[C@H](NC(=O)c2cnc3c(c2)C[C@]2(C3)C(=O)NC(=O)N2C)C(=O)N1CC(F)(F)F. The molecule has 3 heterocycles. The van der Waals surface area contributed by atoms with Crippen molar-refractivity contribution in [2.75, 3.05) is 13.6 Å². The second kappa shape index (κ2) is 9.73. The third-order valence-electron chi connectivity index (χ3n) is 8.10. The molecule has 2 saturated heterocycles. The van der Waals surface area contributed by atoms with Crippen molar-refractivity contribution in [2.24, 2.45) is 0 Å². The van der Waals surface area contributed by atoms with Gasteiger partial charge in [-0.15, -0.1) is 0 Å². The number of amides is 5. The number of carbonyl (C=O) groups is 4. The van der Waals surface area contributed by atoms with E-state index in [9.17, 15) is 45.5 Å². The lowest BCUT2D eigenvalue weighted by atomic mass is 9.81. The fourth-order valence-corrected chi connectivity index (χ4v) is 5.86. The number of nitrogens with zero attached hydrogens (tertiary/aromatic N) is 3. The monoisotopic (exact) mass is 583 g/mol. The number of hydrogen-bond donors (Lipinski definition) is 2. The van der Waals surface area contributed by atoms with Crippen LogP contribution in [0.3, 0.4) is 0 Å². The van der Waals surface area contributed by atoms with Gasteiger partial charge in [0, 0.05) is 49.3 Å². The van der Waals surface area contributed by atoms with E-state index in [0.717, 1.165) is 13.1 Å². The van der Waals surface area contributed by atoms with E-state index in [2.05, 4.69) is 15.6 Å². The van der Waals surface area contributed by atoms with Gasteiger partial charge in [-0.2, -0.15) is 13.2 Å². The highest BCUT2D eigenvalue weighted by atomic mass is 19.4. The maximum atomic E-state index is 14.7. The molecule has 0 radical (unpaired) electrons. The number of alkyl halides is 3. The second-order valence-corrected chi connectivity index (χ2v) is 10.5. The molecule has 3 aliphatic rings. The van der Waals surface area contributed by atoms with E-state index in [1.807, 2.05) is 0 Å². The van der Waals surface area contributed by atoms with E-state index >= 15 is 0 Å². The zero-order valence-electron chi connectivity index (χ0n) is 21.6. The minimum absolute atomic E-state index is 0.0456. The highest BCUT2D eigenvalue weighted by molar-refractivity contribution is 6.07. The van der Waals surface area contributed by atoms with Gasteiger partial charge in [-0.05, 0) is 37.1 Å². The fraction of sp³-hybridized carbons (Fsp3) is 0.423. The molecule has 0 unspecified atom stereocenters. The van der Waals surface area contributed by atoms with Crippen molar-refractivity contribution < 1.29 is 45.5 Å². The normalized spacial score (nSPS) is 26.0. The van der Waals surface area contributed by atoms with Crippen LogP contribution in [0.1, 0.15) is 46.4 Å². The largest absolute Gasteiger partial charge is 0.406 e. The Kier molecular flexibility index (Phi) is 6.73. The molecule has 4 atom stereocenters. The van der Waals surface area contributed by atoms with E-state index in [1.54, 1.807) is 0 Å². The minimum Gasteiger partial charge on any atom is -0.340 e. The third-order valence-corrected chi connectivity index (χ3v) is 8.10. The Morgan fingerprint density at radius 3 is 2.46 bits per heavy atom. The van der Waals surface area contributed by atoms with Gasteiger partial charge in [-0.25, -0.2) is 18.0 Å². The van der Waals surface area contributed by atoms with Crippen LogP contribution >= 0.6 is 0 Å². The second-order valence-electron chi connectivity index (χ2n) is 10.5. The number of nitrogens with one attached hydrogen (secondary N) is 2. The van der Waals surface area contributed by atoms with Gasteiger partial charge in [-0.1, -0.05) is 0 Å². The first-order chi connectivity index (χ1) is 19.1. The first kappa shape index (κ1) is 28.4. The maximum absolute atomic E-state index is 14.7. The molecule has 5 amide bonds. The number of urea groups is 1. The summed E-state index contributed by atoms with van der Waals surface area (Å²) in [5.74, 6) is -8.22. The van der Waals surface area contributed by atoms with Gasteiger partial charge in [0.1, 0.15) is 23.9 Å². The fourth-order valence-electron chi connectivity index (χ4n) is 5.86. The summed E-state index contributed by atoms with van der Waals surface area (Å²) in [6, 6.07) is -1.06. The molecule has 5 rings (SSSR count). The number of piperidine rings is 1. The van der Waals surface area contributed by atoms with Gasteiger partial charge in [0.2, 0.25) is 5.91 Å². The van der Waals surface area contributed by atoms with Crippen LogP contribution in [0.5, 0.6) is 0 Å². The van der Waals surface area contributed by atoms with Gasteiger partial charge < -0.3 is 15.1 Å². The molecule has 2 aromatic rings. The Balaban J connectivity index is 1.43. The summed E-state index contributed by atoms with van der Waals surface area (Å²) >= 11 is 0. The predicted molar refractivity (Wildman–Crippen MR) is 128 cm³/mol. The summed E-state index contributed by atoms with van der Waals surface area (Å²) in [5, 5.41) is 4.56. The molecule has 0 bridgehead atoms. The summed E-state index contributed by atoms with van der Waals surface area (Å²) in [7, 11) is 1.45. The number of hydrogen-bond acceptors (Lipinski definition) is 5. The van der Waals surface area contributed by atoms with E-state index in [-0.39, 0.29) is 18.4 Å². The van der Waals surface area contributed by atoms with Crippen molar-refractivity contribution in [2.45, 2.75) is 55.9 Å². The van der Waals surface area contributed by atoms with Crippen LogP contribution in [0.4, 0.5) is 31.1 Å². The van der Waals surface area contributed by atoms with Crippen molar-refractivity contribution in [1.29, 1.82) is 0 Å². The number of fused-ring (bicyclic) bond motifs is 1. The molecule has 2 aliphatic heterocycles. The number of carbonyl (C=O) groups excluding carboxylic acids is 4. The molecule has 41 heavy (non-hydrogen) atoms. The Morgan fingerprint density at radius 2 is 1.83 bits per heavy atom. The molecular weight excluding hydrogens is 560 g/mol. The van der Waals surface area contributed by atoms with E-state index in [0.29, 0.717) is 28.3 Å². The zero-order valence-corrected chi connectivity index (χ0v) is 21.6. The third kappa shape index (κ3) is 4.76. The van der Waals surface area contributed by atoms with Crippen LogP contribution < -0.4 is 10.6 Å². The van der Waals surface area contributed by atoms with Gasteiger partial charge in [0.15, 0.2) is 11.6 Å². The minimum atomic E-state index is -4.87. The number of likely N-dealkylation sites (tertiary alicyclic amines) is 1. The highest BCUT2D eigenvalue weighted by Crippen LogP contribution is 2.39. The smallest absolute Gasteiger partial charge is 0.340 e. The van der Waals surface area contributed by atoms with Gasteiger partial charge >= 0.3 is 12.2 Å². The Hall–Kier alpha value is -4.17. The summed E-state index contributed by atoms with van der Waals surface area (Å²) in [5.41, 5.74) is -1.22. The summed E-state index contributed by atoms with van der Waals surface area (Å²) in [6.45, 7) is -0.595. The standard InChI is InChI=1S/C26H23F6N5O4/c1-11-14(19-15(27)3-4-16(28)20(19)29)6-17(22(39)37(11)10-26(30,31)32)34-21(38)13-5-12-7-25(8-18(12)33-9-13)23(40)35-24(41)36(25)2/h3-5,9,11,14,17H,6-8,10H2,1-2H3,(H,34,38)(H,35,40,41)/t11-,14-,17+,25+/m1/s1. The summed E-state index contributed by atoms with van der Waals surface area (Å²) in [4.78, 5) is 56.6. The molecule has 1 aliphatic carbocycles. The summed E-state index contributed by atoms with van der Waals surface area (Å²) in [6.07, 6.45) is -4.10. The zero-order chi connectivity index (χ0) is 30.0. The molecule has 1 aromatic carbocycles. The molecule has 2 fully saturated rings. The molecule has 1 spiro atoms. The number of imide groups is 1. The van der Waals surface area contributed by atoms with Crippen LogP contribution in [0.15, 0.2) is 24.4 Å². The van der Waals surface area contributed by atoms with Crippen LogP contribution in [-0.4, -0.2) is 75.9 Å². The first-order valence-corrected chi connectivity index (χ1v) is 12.5. The lowest BCUT2D eigenvalue weighted by molar-refractivity contribution is -0.170. The summed E-state index contributed by atoms with van der Waals surface area (Å²) < 4.78 is 83.4. The Bertz CT molecular complexity index is 1480. The van der Waals surface area contributed by atoms with Crippen molar-refractivity contribution in [3.63, 3.8) is 0 Å². The van der Waals surface area contributed by atoms with Crippen LogP contribution in [0.2, 0.25) is 0 Å². The Labute approximate surface area is 228 Å². The Morgan fingerprint density at radius 1 is 1.15 bits per heavy atom. The molecule has 0 saturated carbocycles. The van der Waals surface area contributed by atoms with Gasteiger partial charge in [0.25, 0.3) is 11.8 Å². The molecule has 9 nitrogen and oxygen atoms in total. The lowest BCUT2D eigenvalue weighted by Crippen LogP contribution is -2.60. The number of aromatic nitrogens is 1. The quantitative estimate of drug-likeness (QED) is 0.327. The average molecular weight is 583 g/mol. The maximum Gasteiger partial charge on any atom is 0.406 e. The number of benzene rings is 1. The van der Waals surface area contributed by atoms with Crippen LogP contribution in [0.25, 0.3) is 0 Å². The van der Waals surface area contributed by atoms with Crippen molar-refractivity contribution in [3.8, 4) is 0 Å².